The third-order valence-electron chi connectivity index (χ3n) is 3.47. The van der Waals surface area contributed by atoms with Gasteiger partial charge in [-0.1, -0.05) is 11.6 Å². The summed E-state index contributed by atoms with van der Waals surface area (Å²) in [6, 6.07) is 5.09. The number of hydrogen-bond acceptors (Lipinski definition) is 4. The number of nitrogens with zero attached hydrogens (tertiary/aromatic N) is 1. The number of carbonyl (C=O) groups is 1. The largest absolute Gasteiger partial charge is 0.493 e. The van der Waals surface area contributed by atoms with E-state index in [0.29, 0.717) is 22.9 Å². The Labute approximate surface area is 131 Å². The quantitative estimate of drug-likeness (QED) is 0.598. The van der Waals surface area contributed by atoms with E-state index in [1.807, 2.05) is 0 Å². The Hall–Kier alpha value is -1.10. The highest BCUT2D eigenvalue weighted by molar-refractivity contribution is 6.30. The fourth-order valence-corrected chi connectivity index (χ4v) is 2.86. The van der Waals surface area contributed by atoms with Gasteiger partial charge < -0.3 is 9.47 Å². The summed E-state index contributed by atoms with van der Waals surface area (Å²) in [5, 5.41) is 0.542. The minimum absolute atomic E-state index is 0.285. The summed E-state index contributed by atoms with van der Waals surface area (Å²) >= 11 is 5.85. The van der Waals surface area contributed by atoms with Crippen molar-refractivity contribution < 1.29 is 14.3 Å². The van der Waals surface area contributed by atoms with E-state index in [2.05, 4.69) is 18.7 Å². The molecule has 0 aromatic heterocycles. The summed E-state index contributed by atoms with van der Waals surface area (Å²) in [5.74, 6) is 0.595. The lowest BCUT2D eigenvalue weighted by Gasteiger charge is -2.35. The molecular weight excluding hydrogens is 290 g/mol. The zero-order valence-electron chi connectivity index (χ0n) is 12.5. The van der Waals surface area contributed by atoms with Crippen molar-refractivity contribution in [2.24, 2.45) is 0 Å². The van der Waals surface area contributed by atoms with Crippen molar-refractivity contribution in [3.05, 3.63) is 28.8 Å². The van der Waals surface area contributed by atoms with E-state index in [4.69, 9.17) is 21.1 Å². The molecule has 0 aliphatic carbocycles. The van der Waals surface area contributed by atoms with Gasteiger partial charge in [0.15, 0.2) is 6.29 Å². The summed E-state index contributed by atoms with van der Waals surface area (Å²) in [4.78, 5) is 13.4. The van der Waals surface area contributed by atoms with Gasteiger partial charge in [0.2, 0.25) is 0 Å². The molecule has 0 spiro atoms. The third-order valence-corrected chi connectivity index (χ3v) is 3.71. The maximum Gasteiger partial charge on any atom is 0.153 e. The summed E-state index contributed by atoms with van der Waals surface area (Å²) in [6.45, 7) is 7.69. The van der Waals surface area contributed by atoms with Crippen LogP contribution in [0.2, 0.25) is 5.02 Å². The lowest BCUT2D eigenvalue weighted by atomic mass is 10.2. The van der Waals surface area contributed by atoms with Gasteiger partial charge in [-0.05, 0) is 38.5 Å². The molecule has 2 atom stereocenters. The Morgan fingerprint density at radius 1 is 1.38 bits per heavy atom. The Balaban J connectivity index is 1.76. The van der Waals surface area contributed by atoms with Crippen LogP contribution in [0.5, 0.6) is 5.75 Å². The van der Waals surface area contributed by atoms with Gasteiger partial charge in [-0.15, -0.1) is 0 Å². The van der Waals surface area contributed by atoms with Crippen LogP contribution in [0.3, 0.4) is 0 Å². The van der Waals surface area contributed by atoms with Gasteiger partial charge in [0.25, 0.3) is 0 Å². The van der Waals surface area contributed by atoms with Crippen molar-refractivity contribution in [1.82, 2.24) is 4.90 Å². The number of ether oxygens (including phenoxy) is 2. The zero-order valence-corrected chi connectivity index (χ0v) is 13.3. The van der Waals surface area contributed by atoms with Crippen LogP contribution in [0.15, 0.2) is 18.2 Å². The minimum atomic E-state index is 0.285. The van der Waals surface area contributed by atoms with E-state index in [0.717, 1.165) is 32.3 Å². The van der Waals surface area contributed by atoms with Crippen molar-refractivity contribution in [3.8, 4) is 5.75 Å². The summed E-state index contributed by atoms with van der Waals surface area (Å²) in [7, 11) is 0. The van der Waals surface area contributed by atoms with Gasteiger partial charge in [0.05, 0.1) is 24.4 Å². The number of carbonyl (C=O) groups excluding carboxylic acids is 1. The molecule has 0 radical (unpaired) electrons. The van der Waals surface area contributed by atoms with E-state index in [-0.39, 0.29) is 12.2 Å². The molecule has 1 aromatic rings. The first-order chi connectivity index (χ1) is 10.1. The molecule has 4 nitrogen and oxygen atoms in total. The lowest BCUT2D eigenvalue weighted by molar-refractivity contribution is -0.0686. The Kier molecular flexibility index (Phi) is 6.03. The van der Waals surface area contributed by atoms with Gasteiger partial charge in [0, 0.05) is 24.7 Å². The highest BCUT2D eigenvalue weighted by Gasteiger charge is 2.21. The van der Waals surface area contributed by atoms with Gasteiger partial charge in [-0.3, -0.25) is 9.69 Å². The van der Waals surface area contributed by atoms with Crippen LogP contribution in [0, 0.1) is 0 Å². The standard InChI is InChI=1S/C16H22ClNO3/c1-12-9-18(10-13(2)21-12)6-3-7-20-16-5-4-15(17)8-14(16)11-19/h4-5,8,11-13H,3,6-7,9-10H2,1-2H3/t12-,13-/m0/s1. The SMILES string of the molecule is C[C@H]1CN(CCCOc2ccc(Cl)cc2C=O)C[C@H](C)O1. The molecule has 1 saturated heterocycles. The fraction of sp³-hybridized carbons (Fsp3) is 0.562. The lowest BCUT2D eigenvalue weighted by Crippen LogP contribution is -2.45. The van der Waals surface area contributed by atoms with E-state index < -0.39 is 0 Å². The Morgan fingerprint density at radius 2 is 2.10 bits per heavy atom. The number of rotatable bonds is 6. The molecule has 1 aliphatic heterocycles. The van der Waals surface area contributed by atoms with Crippen molar-refractivity contribution in [2.75, 3.05) is 26.2 Å². The monoisotopic (exact) mass is 311 g/mol. The van der Waals surface area contributed by atoms with E-state index >= 15 is 0 Å². The van der Waals surface area contributed by atoms with E-state index in [1.54, 1.807) is 18.2 Å². The van der Waals surface area contributed by atoms with E-state index in [9.17, 15) is 4.79 Å². The highest BCUT2D eigenvalue weighted by Crippen LogP contribution is 2.21. The van der Waals surface area contributed by atoms with Crippen LogP contribution >= 0.6 is 11.6 Å². The highest BCUT2D eigenvalue weighted by atomic mass is 35.5. The first-order valence-corrected chi connectivity index (χ1v) is 7.71. The molecule has 0 saturated carbocycles. The number of benzene rings is 1. The minimum Gasteiger partial charge on any atom is -0.493 e. The number of morpholine rings is 1. The fourth-order valence-electron chi connectivity index (χ4n) is 2.68. The van der Waals surface area contributed by atoms with Crippen LogP contribution in [-0.4, -0.2) is 49.6 Å². The second-order valence-electron chi connectivity index (χ2n) is 5.52. The number of aldehydes is 1. The van der Waals surface area contributed by atoms with Crippen molar-refractivity contribution in [2.45, 2.75) is 32.5 Å². The second-order valence-corrected chi connectivity index (χ2v) is 5.96. The first kappa shape index (κ1) is 16.3. The van der Waals surface area contributed by atoms with Crippen LogP contribution in [0.4, 0.5) is 0 Å². The summed E-state index contributed by atoms with van der Waals surface area (Å²) < 4.78 is 11.4. The van der Waals surface area contributed by atoms with Gasteiger partial charge in [0.1, 0.15) is 5.75 Å². The molecular formula is C16H22ClNO3. The van der Waals surface area contributed by atoms with E-state index in [1.165, 1.54) is 0 Å². The van der Waals surface area contributed by atoms with Crippen LogP contribution in [-0.2, 0) is 4.74 Å². The smallest absolute Gasteiger partial charge is 0.153 e. The maximum absolute atomic E-state index is 11.0. The van der Waals surface area contributed by atoms with Crippen LogP contribution in [0.1, 0.15) is 30.6 Å². The first-order valence-electron chi connectivity index (χ1n) is 7.34. The Morgan fingerprint density at radius 3 is 2.76 bits per heavy atom. The molecule has 1 aromatic carbocycles. The molecule has 21 heavy (non-hydrogen) atoms. The molecule has 5 heteroatoms. The van der Waals surface area contributed by atoms with Crippen LogP contribution < -0.4 is 4.74 Å². The molecule has 2 rings (SSSR count). The average molecular weight is 312 g/mol. The summed E-state index contributed by atoms with van der Waals surface area (Å²) in [5.41, 5.74) is 0.496. The normalized spacial score (nSPS) is 23.0. The van der Waals surface area contributed by atoms with Gasteiger partial charge >= 0.3 is 0 Å². The van der Waals surface area contributed by atoms with Crippen molar-refractivity contribution in [3.63, 3.8) is 0 Å². The predicted octanol–water partition coefficient (Wildman–Crippen LogP) is 3.03. The zero-order chi connectivity index (χ0) is 15.2. The number of hydrogen-bond donors (Lipinski definition) is 0. The van der Waals surface area contributed by atoms with Gasteiger partial charge in [-0.25, -0.2) is 0 Å². The molecule has 1 fully saturated rings. The molecule has 0 amide bonds. The Bertz CT molecular complexity index is 471. The van der Waals surface area contributed by atoms with Gasteiger partial charge in [-0.2, -0.15) is 0 Å². The van der Waals surface area contributed by atoms with Crippen LogP contribution in [0.25, 0.3) is 0 Å². The summed E-state index contributed by atoms with van der Waals surface area (Å²) in [6.07, 6.45) is 2.26. The molecule has 1 aliphatic rings. The molecule has 1 heterocycles. The maximum atomic E-state index is 11.0. The average Bonchev–Trinajstić information content (AvgIpc) is 2.43. The number of halogens is 1. The van der Waals surface area contributed by atoms with Crippen molar-refractivity contribution in [1.29, 1.82) is 0 Å². The third kappa shape index (κ3) is 4.99. The predicted molar refractivity (Wildman–Crippen MR) is 83.4 cm³/mol. The molecule has 0 bridgehead atoms. The topological polar surface area (TPSA) is 38.8 Å². The molecule has 0 N–H and O–H groups in total. The molecule has 116 valence electrons. The molecule has 0 unspecified atom stereocenters. The van der Waals surface area contributed by atoms with Crippen molar-refractivity contribution >= 4 is 17.9 Å². The second kappa shape index (κ2) is 7.78.